The second-order valence-corrected chi connectivity index (χ2v) is 6.76. The minimum absolute atomic E-state index is 0.0639. The first-order valence-electron chi connectivity index (χ1n) is 9.25. The van der Waals surface area contributed by atoms with Gasteiger partial charge in [-0.3, -0.25) is 4.79 Å². The highest BCUT2D eigenvalue weighted by molar-refractivity contribution is 5.94. The highest BCUT2D eigenvalue weighted by atomic mass is 16.1. The summed E-state index contributed by atoms with van der Waals surface area (Å²) in [6.45, 7) is 4.38. The van der Waals surface area contributed by atoms with E-state index in [0.717, 1.165) is 30.2 Å². The number of Topliss-reactive ketones (excluding diaryl/α,β-unsaturated/α-hetero) is 1. The summed E-state index contributed by atoms with van der Waals surface area (Å²) in [6.07, 6.45) is 8.49. The molecule has 0 saturated carbocycles. The van der Waals surface area contributed by atoms with Crippen molar-refractivity contribution in [2.75, 3.05) is 17.2 Å². The van der Waals surface area contributed by atoms with Gasteiger partial charge in [-0.15, -0.1) is 0 Å². The van der Waals surface area contributed by atoms with Crippen LogP contribution in [0.15, 0.2) is 42.0 Å². The van der Waals surface area contributed by atoms with Crippen LogP contribution in [0.25, 0.3) is 0 Å². The normalized spacial score (nSPS) is 13.8. The van der Waals surface area contributed by atoms with Crippen LogP contribution in [0, 0.1) is 6.92 Å². The molecule has 0 bridgehead atoms. The Morgan fingerprint density at radius 1 is 1.15 bits per heavy atom. The Bertz CT molecular complexity index is 796. The Labute approximate surface area is 155 Å². The third-order valence-corrected chi connectivity index (χ3v) is 4.53. The Morgan fingerprint density at radius 3 is 2.65 bits per heavy atom. The van der Waals surface area contributed by atoms with Gasteiger partial charge in [0.2, 0.25) is 5.95 Å². The molecule has 0 atom stereocenters. The lowest BCUT2D eigenvalue weighted by molar-refractivity contribution is 0.101. The number of hydrogen-bond donors (Lipinski definition) is 2. The fraction of sp³-hybridized carbons (Fsp3) is 0.381. The summed E-state index contributed by atoms with van der Waals surface area (Å²) in [4.78, 5) is 20.4. The van der Waals surface area contributed by atoms with Gasteiger partial charge in [0.1, 0.15) is 5.82 Å². The summed E-state index contributed by atoms with van der Waals surface area (Å²) >= 11 is 0. The summed E-state index contributed by atoms with van der Waals surface area (Å²) in [5, 5.41) is 6.61. The largest absolute Gasteiger partial charge is 0.354 e. The van der Waals surface area contributed by atoms with Crippen LogP contribution in [0.1, 0.15) is 55.1 Å². The molecule has 0 spiro atoms. The number of carbonyl (C=O) groups is 1. The molecule has 3 rings (SSSR count). The van der Waals surface area contributed by atoms with E-state index in [4.69, 9.17) is 0 Å². The monoisotopic (exact) mass is 350 g/mol. The van der Waals surface area contributed by atoms with Gasteiger partial charge in [0.25, 0.3) is 0 Å². The lowest BCUT2D eigenvalue weighted by Crippen LogP contribution is -2.09. The lowest BCUT2D eigenvalue weighted by atomic mass is 9.97. The Hall–Kier alpha value is -2.69. The van der Waals surface area contributed by atoms with E-state index in [9.17, 15) is 4.79 Å². The fourth-order valence-corrected chi connectivity index (χ4v) is 3.11. The average Bonchev–Trinajstić information content (AvgIpc) is 2.62. The standard InChI is InChI=1S/C21H26N4O/c1-15-14-20(24-19-10-8-18(9-11-19)16(2)26)25-21(23-15)22-13-12-17-6-4-3-5-7-17/h6,8-11,14H,3-5,7,12-13H2,1-2H3,(H2,22,23,24,25). The SMILES string of the molecule is CC(=O)c1ccc(Nc2cc(C)nc(NCCC3=CCCCC3)n2)cc1. The molecule has 1 aliphatic rings. The molecule has 0 aliphatic heterocycles. The maximum absolute atomic E-state index is 11.4. The molecule has 1 heterocycles. The topological polar surface area (TPSA) is 66.9 Å². The minimum Gasteiger partial charge on any atom is -0.354 e. The van der Waals surface area contributed by atoms with E-state index >= 15 is 0 Å². The third-order valence-electron chi connectivity index (χ3n) is 4.53. The van der Waals surface area contributed by atoms with Crippen molar-refractivity contribution in [2.24, 2.45) is 0 Å². The minimum atomic E-state index is 0.0639. The maximum atomic E-state index is 11.4. The molecular formula is C21H26N4O. The highest BCUT2D eigenvalue weighted by Crippen LogP contribution is 2.21. The van der Waals surface area contributed by atoms with E-state index in [1.54, 1.807) is 12.5 Å². The number of nitrogens with one attached hydrogen (secondary N) is 2. The van der Waals surface area contributed by atoms with Crippen LogP contribution < -0.4 is 10.6 Å². The zero-order chi connectivity index (χ0) is 18.4. The summed E-state index contributed by atoms with van der Waals surface area (Å²) < 4.78 is 0. The number of nitrogens with zero attached hydrogens (tertiary/aromatic N) is 2. The lowest BCUT2D eigenvalue weighted by Gasteiger charge is -2.13. The Kier molecular flexibility index (Phi) is 6.00. The fourth-order valence-electron chi connectivity index (χ4n) is 3.11. The zero-order valence-corrected chi connectivity index (χ0v) is 15.5. The number of aromatic nitrogens is 2. The number of hydrogen-bond acceptors (Lipinski definition) is 5. The van der Waals surface area contributed by atoms with Gasteiger partial charge in [0.15, 0.2) is 5.78 Å². The van der Waals surface area contributed by atoms with Crippen molar-refractivity contribution in [2.45, 2.75) is 46.0 Å². The van der Waals surface area contributed by atoms with Gasteiger partial charge in [-0.05, 0) is 70.2 Å². The second-order valence-electron chi connectivity index (χ2n) is 6.76. The first-order chi connectivity index (χ1) is 12.6. The van der Waals surface area contributed by atoms with Crippen molar-refractivity contribution in [1.82, 2.24) is 9.97 Å². The van der Waals surface area contributed by atoms with Crippen LogP contribution in [-0.4, -0.2) is 22.3 Å². The van der Waals surface area contributed by atoms with Gasteiger partial charge >= 0.3 is 0 Å². The predicted molar refractivity (Wildman–Crippen MR) is 106 cm³/mol. The highest BCUT2D eigenvalue weighted by Gasteiger charge is 2.06. The number of ketones is 1. The number of carbonyl (C=O) groups excluding carboxylic acids is 1. The average molecular weight is 350 g/mol. The summed E-state index contributed by atoms with van der Waals surface area (Å²) in [5.74, 6) is 1.45. The Balaban J connectivity index is 1.61. The molecule has 0 unspecified atom stereocenters. The zero-order valence-electron chi connectivity index (χ0n) is 15.5. The van der Waals surface area contributed by atoms with Crippen molar-refractivity contribution >= 4 is 23.2 Å². The molecule has 1 aromatic carbocycles. The van der Waals surface area contributed by atoms with Crippen LogP contribution in [0.2, 0.25) is 0 Å². The van der Waals surface area contributed by atoms with Gasteiger partial charge < -0.3 is 10.6 Å². The number of aryl methyl sites for hydroxylation is 1. The number of benzene rings is 1. The van der Waals surface area contributed by atoms with Gasteiger partial charge in [0.05, 0.1) is 0 Å². The van der Waals surface area contributed by atoms with E-state index in [0.29, 0.717) is 11.5 Å². The molecule has 0 saturated heterocycles. The van der Waals surface area contributed by atoms with Crippen molar-refractivity contribution in [1.29, 1.82) is 0 Å². The van der Waals surface area contributed by atoms with E-state index in [2.05, 4.69) is 26.7 Å². The molecule has 0 amide bonds. The third kappa shape index (κ3) is 5.15. The molecule has 26 heavy (non-hydrogen) atoms. The number of allylic oxidation sites excluding steroid dienone is 1. The van der Waals surface area contributed by atoms with E-state index < -0.39 is 0 Å². The predicted octanol–water partition coefficient (Wildman–Crippen LogP) is 5.03. The Morgan fingerprint density at radius 2 is 1.96 bits per heavy atom. The van der Waals surface area contributed by atoms with E-state index in [1.807, 2.05) is 37.3 Å². The number of rotatable bonds is 7. The van der Waals surface area contributed by atoms with Crippen molar-refractivity contribution in [3.63, 3.8) is 0 Å². The van der Waals surface area contributed by atoms with Crippen molar-refractivity contribution in [3.8, 4) is 0 Å². The van der Waals surface area contributed by atoms with Crippen LogP contribution >= 0.6 is 0 Å². The molecule has 0 radical (unpaired) electrons. The molecule has 2 N–H and O–H groups in total. The van der Waals surface area contributed by atoms with Crippen LogP contribution in [0.4, 0.5) is 17.5 Å². The molecule has 5 heteroatoms. The second kappa shape index (κ2) is 8.61. The number of anilines is 3. The van der Waals surface area contributed by atoms with Gasteiger partial charge in [-0.1, -0.05) is 11.6 Å². The van der Waals surface area contributed by atoms with Gasteiger partial charge in [-0.25, -0.2) is 4.98 Å². The molecule has 136 valence electrons. The molecule has 5 nitrogen and oxygen atoms in total. The maximum Gasteiger partial charge on any atom is 0.224 e. The molecule has 1 aliphatic carbocycles. The van der Waals surface area contributed by atoms with E-state index in [1.165, 1.54) is 25.7 Å². The van der Waals surface area contributed by atoms with Crippen molar-refractivity contribution < 1.29 is 4.79 Å². The van der Waals surface area contributed by atoms with Crippen LogP contribution in [-0.2, 0) is 0 Å². The summed E-state index contributed by atoms with van der Waals surface area (Å²) in [6, 6.07) is 9.31. The van der Waals surface area contributed by atoms with Gasteiger partial charge in [-0.2, -0.15) is 4.98 Å². The van der Waals surface area contributed by atoms with Crippen molar-refractivity contribution in [3.05, 3.63) is 53.2 Å². The molecule has 0 fully saturated rings. The van der Waals surface area contributed by atoms with Crippen LogP contribution in [0.3, 0.4) is 0 Å². The molecule has 2 aromatic rings. The summed E-state index contributed by atoms with van der Waals surface area (Å²) in [5.41, 5.74) is 4.04. The van der Waals surface area contributed by atoms with Crippen LogP contribution in [0.5, 0.6) is 0 Å². The first kappa shape index (κ1) is 18.1. The molecular weight excluding hydrogens is 324 g/mol. The first-order valence-corrected chi connectivity index (χ1v) is 9.25. The van der Waals surface area contributed by atoms with Gasteiger partial charge in [0, 0.05) is 29.6 Å². The molecule has 1 aromatic heterocycles. The smallest absolute Gasteiger partial charge is 0.224 e. The quantitative estimate of drug-likeness (QED) is 0.541. The van der Waals surface area contributed by atoms with E-state index in [-0.39, 0.29) is 5.78 Å². The summed E-state index contributed by atoms with van der Waals surface area (Å²) in [7, 11) is 0.